The highest BCUT2D eigenvalue weighted by molar-refractivity contribution is 6.05. The fourth-order valence-electron chi connectivity index (χ4n) is 5.10. The molecule has 1 aliphatic heterocycles. The van der Waals surface area contributed by atoms with E-state index in [1.165, 1.54) is 31.9 Å². The first kappa shape index (κ1) is 25.2. The van der Waals surface area contributed by atoms with E-state index in [-0.39, 0.29) is 34.7 Å². The van der Waals surface area contributed by atoms with Gasteiger partial charge in [-0.25, -0.2) is 23.9 Å². The Labute approximate surface area is 256 Å². The van der Waals surface area contributed by atoms with Gasteiger partial charge < -0.3 is 24.8 Å². The van der Waals surface area contributed by atoms with Gasteiger partial charge in [0.2, 0.25) is 0 Å². The third kappa shape index (κ3) is 5.81. The first-order valence-corrected chi connectivity index (χ1v) is 13.8. The van der Waals surface area contributed by atoms with Crippen LogP contribution in [0.25, 0.3) is 16.6 Å². The SMILES string of the molecule is [2H]C([2H])([2H])Oc1cc(Oc2ccn3ncnc3c2)c(C)cc1Nc1ncnc2cc(OC)c(NC(=O)/C(F)=C\[C@H]3CCCN3C)cc12. The topological polar surface area (TPSA) is 128 Å². The number of fused-ring (bicyclic) bond motifs is 2. The molecule has 0 unspecified atom stereocenters. The highest BCUT2D eigenvalue weighted by atomic mass is 19.1. The highest BCUT2D eigenvalue weighted by Gasteiger charge is 2.22. The maximum Gasteiger partial charge on any atom is 0.284 e. The van der Waals surface area contributed by atoms with Gasteiger partial charge in [0, 0.05) is 35.8 Å². The van der Waals surface area contributed by atoms with Crippen LogP contribution >= 0.6 is 0 Å². The third-order valence-electron chi connectivity index (χ3n) is 7.46. The van der Waals surface area contributed by atoms with Crippen molar-refractivity contribution in [2.45, 2.75) is 25.8 Å². The Bertz CT molecular complexity index is 2000. The Morgan fingerprint density at radius 3 is 2.75 bits per heavy atom. The first-order chi connectivity index (χ1) is 22.5. The number of amides is 1. The molecule has 44 heavy (non-hydrogen) atoms. The zero-order valence-corrected chi connectivity index (χ0v) is 24.2. The van der Waals surface area contributed by atoms with Crippen molar-refractivity contribution in [2.75, 3.05) is 38.4 Å². The number of benzene rings is 2. The molecular weight excluding hydrogens is 567 g/mol. The van der Waals surface area contributed by atoms with Crippen LogP contribution in [0.1, 0.15) is 22.5 Å². The molecule has 1 atom stereocenters. The summed E-state index contributed by atoms with van der Waals surface area (Å²) in [5.74, 6) is -0.532. The summed E-state index contributed by atoms with van der Waals surface area (Å²) in [6, 6.07) is 9.49. The number of likely N-dealkylation sites (N-methyl/N-ethyl adjacent to an activating group) is 1. The maximum absolute atomic E-state index is 14.9. The number of carbonyl (C=O) groups excluding carboxylic acids is 1. The van der Waals surface area contributed by atoms with Gasteiger partial charge in [-0.15, -0.1) is 0 Å². The lowest BCUT2D eigenvalue weighted by atomic mass is 10.1. The minimum Gasteiger partial charge on any atom is -0.494 e. The van der Waals surface area contributed by atoms with Crippen LogP contribution in [0.4, 0.5) is 21.6 Å². The molecule has 0 saturated carbocycles. The molecule has 0 aliphatic carbocycles. The number of pyridine rings is 1. The monoisotopic (exact) mass is 601 g/mol. The van der Waals surface area contributed by atoms with Gasteiger partial charge in [0.25, 0.3) is 5.91 Å². The molecule has 1 aliphatic rings. The average Bonchev–Trinajstić information content (AvgIpc) is 3.66. The number of methoxy groups -OCH3 is 2. The van der Waals surface area contributed by atoms with Crippen LogP contribution in [0.2, 0.25) is 0 Å². The second-order valence-electron chi connectivity index (χ2n) is 10.3. The van der Waals surface area contributed by atoms with Crippen molar-refractivity contribution in [1.82, 2.24) is 29.5 Å². The van der Waals surface area contributed by atoms with Gasteiger partial charge in [0.05, 0.1) is 35.2 Å². The second-order valence-corrected chi connectivity index (χ2v) is 10.3. The zero-order valence-electron chi connectivity index (χ0n) is 27.2. The number of nitrogens with zero attached hydrogens (tertiary/aromatic N) is 6. The molecule has 5 aromatic rings. The standard InChI is InChI=1S/C31H31FN8O4/c1-18-10-24(28(43-4)15-26(18)44-20-7-9-40-29(12-20)34-17-36-40)37-30-21-13-25(27(42-3)14-23(21)33-16-35-30)38-31(41)22(32)11-19-6-5-8-39(19)2/h7,9-17,19H,5-6,8H2,1-4H3,(H,38,41)(H,33,35,37)/b22-11+/t19-/m1/s1/i4D3. The van der Waals surface area contributed by atoms with Crippen LogP contribution in [0, 0.1) is 6.92 Å². The summed E-state index contributed by atoms with van der Waals surface area (Å²) < 4.78 is 56.7. The van der Waals surface area contributed by atoms with Crippen LogP contribution in [-0.2, 0) is 4.79 Å². The summed E-state index contributed by atoms with van der Waals surface area (Å²) in [5.41, 5.74) is 2.12. The summed E-state index contributed by atoms with van der Waals surface area (Å²) >= 11 is 0. The predicted molar refractivity (Wildman–Crippen MR) is 164 cm³/mol. The Balaban J connectivity index is 1.33. The molecule has 0 bridgehead atoms. The van der Waals surface area contributed by atoms with Crippen molar-refractivity contribution in [3.8, 4) is 23.0 Å². The molecule has 2 N–H and O–H groups in total. The summed E-state index contributed by atoms with van der Waals surface area (Å²) in [4.78, 5) is 27.7. The van der Waals surface area contributed by atoms with Crippen LogP contribution in [0.5, 0.6) is 23.0 Å². The molecule has 0 spiro atoms. The van der Waals surface area contributed by atoms with E-state index >= 15 is 0 Å². The van der Waals surface area contributed by atoms with E-state index in [9.17, 15) is 9.18 Å². The van der Waals surface area contributed by atoms with Crippen LogP contribution in [0.3, 0.4) is 0 Å². The molecule has 12 nitrogen and oxygen atoms in total. The van der Waals surface area contributed by atoms with Gasteiger partial charge in [-0.1, -0.05) is 0 Å². The molecule has 1 saturated heterocycles. The van der Waals surface area contributed by atoms with Crippen molar-refractivity contribution < 1.29 is 27.5 Å². The smallest absolute Gasteiger partial charge is 0.284 e. The number of halogens is 1. The molecule has 1 fully saturated rings. The molecule has 6 rings (SSSR count). The minimum atomic E-state index is -2.78. The largest absolute Gasteiger partial charge is 0.494 e. The Morgan fingerprint density at radius 1 is 1.09 bits per heavy atom. The predicted octanol–water partition coefficient (Wildman–Crippen LogP) is 5.42. The van der Waals surface area contributed by atoms with Gasteiger partial charge in [-0.05, 0) is 63.2 Å². The summed E-state index contributed by atoms with van der Waals surface area (Å²) in [5, 5.41) is 10.2. The fraction of sp³-hybridized carbons (Fsp3) is 0.258. The third-order valence-corrected chi connectivity index (χ3v) is 7.46. The summed E-state index contributed by atoms with van der Waals surface area (Å²) in [6.45, 7) is 2.62. The van der Waals surface area contributed by atoms with Crippen LogP contribution in [-0.4, -0.2) is 69.2 Å². The quantitative estimate of drug-likeness (QED) is 0.211. The van der Waals surface area contributed by atoms with Crippen molar-refractivity contribution in [2.24, 2.45) is 0 Å². The zero-order chi connectivity index (χ0) is 33.3. The number of rotatable bonds is 9. The number of anilines is 3. The van der Waals surface area contributed by atoms with E-state index in [0.717, 1.165) is 19.4 Å². The Hall–Kier alpha value is -5.30. The van der Waals surface area contributed by atoms with Gasteiger partial charge >= 0.3 is 0 Å². The minimum absolute atomic E-state index is 0.0351. The molecule has 2 aromatic carbocycles. The van der Waals surface area contributed by atoms with Gasteiger partial charge in [0.1, 0.15) is 41.5 Å². The van der Waals surface area contributed by atoms with Crippen molar-refractivity contribution >= 4 is 39.6 Å². The van der Waals surface area contributed by atoms with Crippen LogP contribution < -0.4 is 24.8 Å². The number of likely N-dealkylation sites (tertiary alicyclic amines) is 1. The number of hydrogen-bond donors (Lipinski definition) is 2. The second kappa shape index (κ2) is 12.1. The van der Waals surface area contributed by atoms with Crippen molar-refractivity contribution in [3.63, 3.8) is 0 Å². The fourth-order valence-corrected chi connectivity index (χ4v) is 5.10. The lowest BCUT2D eigenvalue weighted by Gasteiger charge is -2.17. The molecule has 4 heterocycles. The van der Waals surface area contributed by atoms with E-state index in [1.54, 1.807) is 48.0 Å². The summed E-state index contributed by atoms with van der Waals surface area (Å²) in [7, 11) is 0.523. The van der Waals surface area contributed by atoms with Gasteiger partial charge in [-0.3, -0.25) is 9.69 Å². The van der Waals surface area contributed by atoms with Gasteiger partial charge in [0.15, 0.2) is 11.5 Å². The number of nitrogens with one attached hydrogen (secondary N) is 2. The molecule has 3 aromatic heterocycles. The van der Waals surface area contributed by atoms with Crippen LogP contribution in [0.15, 0.2) is 67.2 Å². The van der Waals surface area contributed by atoms with E-state index in [0.29, 0.717) is 33.6 Å². The van der Waals surface area contributed by atoms with E-state index in [4.69, 9.17) is 18.3 Å². The van der Waals surface area contributed by atoms with E-state index in [2.05, 4.69) is 30.7 Å². The van der Waals surface area contributed by atoms with E-state index < -0.39 is 18.8 Å². The number of carbonyl (C=O) groups is 1. The average molecular weight is 602 g/mol. The molecule has 226 valence electrons. The summed E-state index contributed by atoms with van der Waals surface area (Å²) in [6.07, 6.45) is 7.44. The Morgan fingerprint density at radius 2 is 1.95 bits per heavy atom. The molecule has 1 amide bonds. The van der Waals surface area contributed by atoms with E-state index in [1.807, 2.05) is 11.9 Å². The molecular formula is C31H31FN8O4. The van der Waals surface area contributed by atoms with Gasteiger partial charge in [-0.2, -0.15) is 5.10 Å². The van der Waals surface area contributed by atoms with Crippen molar-refractivity contribution in [3.05, 3.63) is 72.7 Å². The molecule has 13 heteroatoms. The first-order valence-electron chi connectivity index (χ1n) is 15.3. The number of hydrogen-bond acceptors (Lipinski definition) is 10. The normalized spacial score (nSPS) is 16.8. The highest BCUT2D eigenvalue weighted by Crippen LogP contribution is 2.39. The van der Waals surface area contributed by atoms with Crippen molar-refractivity contribution in [1.29, 1.82) is 0 Å². The Kier molecular flexibility index (Phi) is 6.95. The number of ether oxygens (including phenoxy) is 3. The number of aryl methyl sites for hydroxylation is 1. The lowest BCUT2D eigenvalue weighted by molar-refractivity contribution is -0.114. The molecule has 0 radical (unpaired) electrons. The number of aromatic nitrogens is 5. The lowest BCUT2D eigenvalue weighted by Crippen LogP contribution is -2.24. The maximum atomic E-state index is 14.9.